The van der Waals surface area contributed by atoms with Gasteiger partial charge in [-0.2, -0.15) is 0 Å². The van der Waals surface area contributed by atoms with Crippen LogP contribution in [0.5, 0.6) is 0 Å². The quantitative estimate of drug-likeness (QED) is 0.759. The minimum Gasteiger partial charge on any atom is -0.394 e. The number of aliphatic hydroxyl groups is 1. The van der Waals surface area contributed by atoms with Crippen LogP contribution in [0.25, 0.3) is 0 Å². The summed E-state index contributed by atoms with van der Waals surface area (Å²) in [4.78, 5) is 0. The molecule has 2 N–H and O–H groups in total. The molecule has 0 amide bonds. The fourth-order valence-corrected chi connectivity index (χ4v) is 2.03. The van der Waals surface area contributed by atoms with Crippen molar-refractivity contribution >= 4 is 0 Å². The SMILES string of the molecule is CNC(CO)(CCOC(C)C(C)C)c1ccccc1. The lowest BCUT2D eigenvalue weighted by Crippen LogP contribution is -2.44. The van der Waals surface area contributed by atoms with Crippen LogP contribution in [0.4, 0.5) is 0 Å². The van der Waals surface area contributed by atoms with E-state index in [1.165, 1.54) is 0 Å². The van der Waals surface area contributed by atoms with Gasteiger partial charge in [0, 0.05) is 6.61 Å². The molecule has 0 saturated heterocycles. The summed E-state index contributed by atoms with van der Waals surface area (Å²) in [6.07, 6.45) is 0.991. The molecule has 0 spiro atoms. The molecule has 1 rings (SSSR count). The Kier molecular flexibility index (Phi) is 6.49. The van der Waals surface area contributed by atoms with Crippen LogP contribution in [0.15, 0.2) is 30.3 Å². The summed E-state index contributed by atoms with van der Waals surface area (Å²) >= 11 is 0. The zero-order chi connectivity index (χ0) is 14.3. The van der Waals surface area contributed by atoms with Crippen molar-refractivity contribution in [3.63, 3.8) is 0 Å². The zero-order valence-electron chi connectivity index (χ0n) is 12.5. The van der Waals surface area contributed by atoms with Crippen molar-refractivity contribution in [1.82, 2.24) is 5.32 Å². The van der Waals surface area contributed by atoms with Gasteiger partial charge >= 0.3 is 0 Å². The van der Waals surface area contributed by atoms with Gasteiger partial charge in [0.1, 0.15) is 0 Å². The van der Waals surface area contributed by atoms with Gasteiger partial charge in [-0.3, -0.25) is 0 Å². The van der Waals surface area contributed by atoms with E-state index in [1.807, 2.05) is 37.4 Å². The maximum atomic E-state index is 9.79. The van der Waals surface area contributed by atoms with Crippen LogP contribution in [0.3, 0.4) is 0 Å². The molecule has 2 atom stereocenters. The summed E-state index contributed by atoms with van der Waals surface area (Å²) < 4.78 is 5.83. The van der Waals surface area contributed by atoms with Crippen LogP contribution in [-0.4, -0.2) is 31.5 Å². The second-order valence-electron chi connectivity index (χ2n) is 5.43. The Morgan fingerprint density at radius 3 is 2.32 bits per heavy atom. The largest absolute Gasteiger partial charge is 0.394 e. The Balaban J connectivity index is 2.68. The first kappa shape index (κ1) is 16.2. The standard InChI is InChI=1S/C16H27NO2/c1-13(2)14(3)19-11-10-16(12-18,17-4)15-8-6-5-7-9-15/h5-9,13-14,17-18H,10-12H2,1-4H3. The molecule has 0 fully saturated rings. The number of benzene rings is 1. The van der Waals surface area contributed by atoms with Gasteiger partial charge in [0.2, 0.25) is 0 Å². The Labute approximate surface area is 117 Å². The van der Waals surface area contributed by atoms with Crippen LogP contribution >= 0.6 is 0 Å². The minimum atomic E-state index is -0.419. The highest BCUT2D eigenvalue weighted by molar-refractivity contribution is 5.24. The van der Waals surface area contributed by atoms with E-state index in [1.54, 1.807) is 0 Å². The van der Waals surface area contributed by atoms with Crippen molar-refractivity contribution in [2.24, 2.45) is 5.92 Å². The third-order valence-electron chi connectivity index (χ3n) is 3.92. The van der Waals surface area contributed by atoms with E-state index in [4.69, 9.17) is 4.74 Å². The molecule has 1 aromatic carbocycles. The van der Waals surface area contributed by atoms with Crippen LogP contribution in [0.1, 0.15) is 32.8 Å². The third kappa shape index (κ3) is 4.30. The third-order valence-corrected chi connectivity index (χ3v) is 3.92. The van der Waals surface area contributed by atoms with Crippen LogP contribution in [-0.2, 0) is 10.3 Å². The van der Waals surface area contributed by atoms with Crippen molar-refractivity contribution < 1.29 is 9.84 Å². The average molecular weight is 265 g/mol. The van der Waals surface area contributed by atoms with Gasteiger partial charge < -0.3 is 15.2 Å². The molecule has 0 aliphatic rings. The maximum Gasteiger partial charge on any atom is 0.0688 e. The van der Waals surface area contributed by atoms with Crippen LogP contribution in [0, 0.1) is 5.92 Å². The Bertz CT molecular complexity index is 347. The molecular formula is C16H27NO2. The highest BCUT2D eigenvalue weighted by Gasteiger charge is 2.29. The number of nitrogens with one attached hydrogen (secondary N) is 1. The summed E-state index contributed by atoms with van der Waals surface area (Å²) in [7, 11) is 1.88. The topological polar surface area (TPSA) is 41.5 Å². The Morgan fingerprint density at radius 1 is 1.21 bits per heavy atom. The molecule has 0 aliphatic carbocycles. The molecule has 0 radical (unpaired) electrons. The van der Waals surface area contributed by atoms with Gasteiger partial charge in [-0.05, 0) is 31.9 Å². The molecule has 0 aromatic heterocycles. The van der Waals surface area contributed by atoms with Gasteiger partial charge in [-0.1, -0.05) is 44.2 Å². The van der Waals surface area contributed by atoms with E-state index in [0.717, 1.165) is 12.0 Å². The van der Waals surface area contributed by atoms with Gasteiger partial charge in [0.15, 0.2) is 0 Å². The minimum absolute atomic E-state index is 0.0624. The highest BCUT2D eigenvalue weighted by Crippen LogP contribution is 2.24. The monoisotopic (exact) mass is 265 g/mol. The summed E-state index contributed by atoms with van der Waals surface area (Å²) in [6.45, 7) is 7.09. The van der Waals surface area contributed by atoms with Crippen molar-refractivity contribution in [3.8, 4) is 0 Å². The molecular weight excluding hydrogens is 238 g/mol. The Hall–Kier alpha value is -0.900. The number of likely N-dealkylation sites (N-methyl/N-ethyl adjacent to an activating group) is 1. The molecule has 2 unspecified atom stereocenters. The lowest BCUT2D eigenvalue weighted by Gasteiger charge is -2.33. The predicted molar refractivity (Wildman–Crippen MR) is 79.1 cm³/mol. The van der Waals surface area contributed by atoms with E-state index in [0.29, 0.717) is 12.5 Å². The van der Waals surface area contributed by atoms with E-state index in [9.17, 15) is 5.11 Å². The van der Waals surface area contributed by atoms with E-state index in [-0.39, 0.29) is 12.7 Å². The smallest absolute Gasteiger partial charge is 0.0688 e. The number of aliphatic hydroxyl groups excluding tert-OH is 1. The normalized spacial score (nSPS) is 16.3. The first-order chi connectivity index (χ1) is 9.05. The Morgan fingerprint density at radius 2 is 1.84 bits per heavy atom. The maximum absolute atomic E-state index is 9.79. The molecule has 108 valence electrons. The van der Waals surface area contributed by atoms with Gasteiger partial charge in [0.25, 0.3) is 0 Å². The predicted octanol–water partition coefficient (Wildman–Crippen LogP) is 2.54. The van der Waals surface area contributed by atoms with Crippen molar-refractivity contribution in [3.05, 3.63) is 35.9 Å². The molecule has 19 heavy (non-hydrogen) atoms. The molecule has 0 aliphatic heterocycles. The average Bonchev–Trinajstić information content (AvgIpc) is 2.44. The van der Waals surface area contributed by atoms with E-state index < -0.39 is 5.54 Å². The second kappa shape index (κ2) is 7.63. The summed E-state index contributed by atoms with van der Waals surface area (Å²) in [5, 5.41) is 13.0. The highest BCUT2D eigenvalue weighted by atomic mass is 16.5. The molecule has 0 saturated carbocycles. The van der Waals surface area contributed by atoms with Crippen LogP contribution < -0.4 is 5.32 Å². The number of ether oxygens (including phenoxy) is 1. The second-order valence-corrected chi connectivity index (χ2v) is 5.43. The summed E-state index contributed by atoms with van der Waals surface area (Å²) in [6, 6.07) is 10.1. The molecule has 1 aromatic rings. The molecule has 0 heterocycles. The molecule has 0 bridgehead atoms. The number of hydrogen-bond donors (Lipinski definition) is 2. The first-order valence-corrected chi connectivity index (χ1v) is 7.02. The van der Waals surface area contributed by atoms with Gasteiger partial charge in [-0.25, -0.2) is 0 Å². The first-order valence-electron chi connectivity index (χ1n) is 7.02. The molecule has 3 heteroatoms. The van der Waals surface area contributed by atoms with Crippen molar-refractivity contribution in [2.75, 3.05) is 20.3 Å². The fraction of sp³-hybridized carbons (Fsp3) is 0.625. The van der Waals surface area contributed by atoms with Crippen molar-refractivity contribution in [1.29, 1.82) is 0 Å². The van der Waals surface area contributed by atoms with Gasteiger partial charge in [0.05, 0.1) is 18.2 Å². The molecule has 3 nitrogen and oxygen atoms in total. The van der Waals surface area contributed by atoms with Gasteiger partial charge in [-0.15, -0.1) is 0 Å². The lowest BCUT2D eigenvalue weighted by molar-refractivity contribution is 0.0145. The lowest BCUT2D eigenvalue weighted by atomic mass is 9.88. The number of rotatable bonds is 8. The summed E-state index contributed by atoms with van der Waals surface area (Å²) in [5.74, 6) is 0.509. The fourth-order valence-electron chi connectivity index (χ4n) is 2.03. The van der Waals surface area contributed by atoms with E-state index >= 15 is 0 Å². The van der Waals surface area contributed by atoms with E-state index in [2.05, 4.69) is 26.1 Å². The van der Waals surface area contributed by atoms with Crippen LogP contribution in [0.2, 0.25) is 0 Å². The summed E-state index contributed by atoms with van der Waals surface area (Å²) in [5.41, 5.74) is 0.679. The number of hydrogen-bond acceptors (Lipinski definition) is 3. The zero-order valence-corrected chi connectivity index (χ0v) is 12.5. The van der Waals surface area contributed by atoms with Crippen molar-refractivity contribution in [2.45, 2.75) is 38.8 Å².